The lowest BCUT2D eigenvalue weighted by atomic mass is 10.2. The molecule has 1 heterocycles. The average Bonchev–Trinajstić information content (AvgIpc) is 3.23. The number of thiophene rings is 1. The van der Waals surface area contributed by atoms with Crippen LogP contribution in [0.25, 0.3) is 10.1 Å². The number of halogens is 3. The topological polar surface area (TPSA) is 88.1 Å². The monoisotopic (exact) mass is 520 g/mol. The molecule has 0 unspecified atom stereocenters. The summed E-state index contributed by atoms with van der Waals surface area (Å²) in [5, 5.41) is 0.945. The fraction of sp³-hybridized carbons (Fsp3) is 0.273. The molecule has 0 spiro atoms. The van der Waals surface area contributed by atoms with Gasteiger partial charge in [-0.3, -0.25) is 4.79 Å². The molecule has 34 heavy (non-hydrogen) atoms. The van der Waals surface area contributed by atoms with E-state index in [1.165, 1.54) is 51.9 Å². The molecule has 0 radical (unpaired) electrons. The fourth-order valence-corrected chi connectivity index (χ4v) is 3.30. The number of methoxy groups -OCH3 is 4. The summed E-state index contributed by atoms with van der Waals surface area (Å²) in [5.41, 5.74) is 0. The van der Waals surface area contributed by atoms with Crippen LogP contribution in [0.1, 0.15) is 4.88 Å². The number of carbonyl (C=O) groups excluding carboxylic acids is 3. The lowest BCUT2D eigenvalue weighted by Crippen LogP contribution is -1.99. The number of hydrogen-bond donors (Lipinski definition) is 1. The summed E-state index contributed by atoms with van der Waals surface area (Å²) in [7, 11) is 5.35. The third-order valence-corrected chi connectivity index (χ3v) is 5.06. The Kier molecular flexibility index (Phi) is 14.9. The first kappa shape index (κ1) is 30.8. The van der Waals surface area contributed by atoms with Gasteiger partial charge in [0.05, 0.1) is 38.9 Å². The van der Waals surface area contributed by atoms with Crippen molar-refractivity contribution >= 4 is 46.2 Å². The standard InChI is InChI=1S/C10H9FOS.C8H8F2O2.C3H6O2S.CO2/c1-6-5-7-3-4-8(12-2)9(11)10(7)13-6;1-11-5-3-4-6(12-2)8(10)7(5)9;1-5-3(4)2-6;2-1-3/h3-5H,1-2H3;3-4H,1-2H3;6H,2H2,1H3;. The number of carbonyl (C=O) groups is 1. The zero-order valence-electron chi connectivity index (χ0n) is 18.9. The highest BCUT2D eigenvalue weighted by Gasteiger charge is 2.13. The molecule has 0 aliphatic carbocycles. The van der Waals surface area contributed by atoms with Crippen LogP contribution >= 0.6 is 24.0 Å². The van der Waals surface area contributed by atoms with E-state index in [9.17, 15) is 18.0 Å². The van der Waals surface area contributed by atoms with Crippen molar-refractivity contribution in [2.75, 3.05) is 34.2 Å². The molecule has 7 nitrogen and oxygen atoms in total. The van der Waals surface area contributed by atoms with E-state index < -0.39 is 11.6 Å². The molecule has 0 aliphatic heterocycles. The Morgan fingerprint density at radius 1 is 0.882 bits per heavy atom. The number of ether oxygens (including phenoxy) is 4. The van der Waals surface area contributed by atoms with Crippen molar-refractivity contribution in [3.8, 4) is 17.2 Å². The Morgan fingerprint density at radius 3 is 1.65 bits per heavy atom. The van der Waals surface area contributed by atoms with E-state index >= 15 is 0 Å². The van der Waals surface area contributed by atoms with Gasteiger partial charge in [-0.25, -0.2) is 4.39 Å². The maximum atomic E-state index is 13.6. The van der Waals surface area contributed by atoms with Gasteiger partial charge in [0.2, 0.25) is 11.6 Å². The molecule has 0 bridgehead atoms. The molecule has 0 N–H and O–H groups in total. The van der Waals surface area contributed by atoms with Gasteiger partial charge in [-0.05, 0) is 42.6 Å². The zero-order chi connectivity index (χ0) is 26.3. The predicted octanol–water partition coefficient (Wildman–Crippen LogP) is 4.85. The van der Waals surface area contributed by atoms with E-state index in [4.69, 9.17) is 14.3 Å². The van der Waals surface area contributed by atoms with Crippen LogP contribution in [-0.2, 0) is 19.1 Å². The lowest BCUT2D eigenvalue weighted by molar-refractivity contribution is -0.191. The Labute approximate surface area is 203 Å². The number of benzene rings is 2. The number of rotatable bonds is 4. The molecular weight excluding hydrogens is 497 g/mol. The number of fused-ring (bicyclic) bond motifs is 1. The van der Waals surface area contributed by atoms with Crippen molar-refractivity contribution in [3.05, 3.63) is 52.7 Å². The molecule has 0 saturated carbocycles. The van der Waals surface area contributed by atoms with Gasteiger partial charge in [0.15, 0.2) is 23.1 Å². The van der Waals surface area contributed by atoms with E-state index in [-0.39, 0.29) is 35.2 Å². The Bertz CT molecular complexity index is 1060. The SMILES string of the molecule is COC(=O)CS.COc1ccc(OC)c(F)c1F.COc1ccc2cc(C)sc2c1F.O=C=O. The van der Waals surface area contributed by atoms with Gasteiger partial charge in [0.25, 0.3) is 0 Å². The van der Waals surface area contributed by atoms with E-state index in [2.05, 4.69) is 26.8 Å². The number of aryl methyl sites for hydroxylation is 1. The van der Waals surface area contributed by atoms with Crippen LogP contribution in [0.3, 0.4) is 0 Å². The molecule has 186 valence electrons. The first-order valence-electron chi connectivity index (χ1n) is 9.11. The van der Waals surface area contributed by atoms with Gasteiger partial charge >= 0.3 is 12.1 Å². The van der Waals surface area contributed by atoms with E-state index in [0.29, 0.717) is 10.4 Å². The minimum atomic E-state index is -1.03. The minimum absolute atomic E-state index is 0.131. The van der Waals surface area contributed by atoms with Gasteiger partial charge < -0.3 is 18.9 Å². The normalized spacial score (nSPS) is 9.09. The van der Waals surface area contributed by atoms with Gasteiger partial charge in [0.1, 0.15) is 0 Å². The van der Waals surface area contributed by atoms with Crippen LogP contribution in [0.15, 0.2) is 30.3 Å². The number of thiol groups is 1. The molecule has 2 aromatic carbocycles. The molecule has 3 rings (SSSR count). The maximum Gasteiger partial charge on any atom is 0.373 e. The van der Waals surface area contributed by atoms with Crippen molar-refractivity contribution in [2.45, 2.75) is 6.92 Å². The van der Waals surface area contributed by atoms with Crippen LogP contribution in [0.4, 0.5) is 13.2 Å². The first-order valence-corrected chi connectivity index (χ1v) is 10.6. The second-order valence-corrected chi connectivity index (χ2v) is 7.35. The Balaban J connectivity index is 0.000000480. The summed E-state index contributed by atoms with van der Waals surface area (Å²) >= 11 is 5.07. The summed E-state index contributed by atoms with van der Waals surface area (Å²) in [4.78, 5) is 27.2. The van der Waals surface area contributed by atoms with Crippen molar-refractivity contribution in [2.24, 2.45) is 0 Å². The molecule has 0 saturated heterocycles. The second kappa shape index (κ2) is 16.4. The van der Waals surface area contributed by atoms with Gasteiger partial charge in [-0.1, -0.05) is 0 Å². The lowest BCUT2D eigenvalue weighted by Gasteiger charge is -2.05. The molecule has 12 heteroatoms. The van der Waals surface area contributed by atoms with Crippen LogP contribution in [-0.4, -0.2) is 46.3 Å². The van der Waals surface area contributed by atoms with Crippen molar-refractivity contribution in [3.63, 3.8) is 0 Å². The molecule has 1 aromatic heterocycles. The van der Waals surface area contributed by atoms with Crippen molar-refractivity contribution in [1.82, 2.24) is 0 Å². The average molecular weight is 521 g/mol. The summed E-state index contributed by atoms with van der Waals surface area (Å²) in [6.07, 6.45) is 0.250. The van der Waals surface area contributed by atoms with Crippen molar-refractivity contribution in [1.29, 1.82) is 0 Å². The predicted molar refractivity (Wildman–Crippen MR) is 123 cm³/mol. The van der Waals surface area contributed by atoms with Crippen LogP contribution < -0.4 is 14.2 Å². The quantitative estimate of drug-likeness (QED) is 0.389. The molecule has 0 amide bonds. The highest BCUT2D eigenvalue weighted by Crippen LogP contribution is 2.32. The van der Waals surface area contributed by atoms with Crippen LogP contribution in [0.2, 0.25) is 0 Å². The molecule has 3 aromatic rings. The van der Waals surface area contributed by atoms with E-state index in [1.807, 2.05) is 19.1 Å². The van der Waals surface area contributed by atoms with E-state index in [0.717, 1.165) is 10.3 Å². The maximum absolute atomic E-state index is 13.6. The Hall–Kier alpha value is -3.21. The smallest absolute Gasteiger partial charge is 0.373 e. The zero-order valence-corrected chi connectivity index (χ0v) is 20.7. The van der Waals surface area contributed by atoms with Crippen LogP contribution in [0.5, 0.6) is 17.2 Å². The number of hydrogen-bond acceptors (Lipinski definition) is 9. The largest absolute Gasteiger partial charge is 0.494 e. The molecular formula is C22H23F3O7S2. The summed E-state index contributed by atoms with van der Waals surface area (Å²) in [6, 6.07) is 8.11. The molecule has 0 atom stereocenters. The van der Waals surface area contributed by atoms with Gasteiger partial charge in [0, 0.05) is 4.88 Å². The molecule has 0 aliphatic rings. The highest BCUT2D eigenvalue weighted by atomic mass is 32.1. The Morgan fingerprint density at radius 2 is 1.29 bits per heavy atom. The summed E-state index contributed by atoms with van der Waals surface area (Å²) < 4.78 is 58.2. The molecule has 0 fully saturated rings. The second-order valence-electron chi connectivity index (χ2n) is 5.77. The van der Waals surface area contributed by atoms with Gasteiger partial charge in [-0.15, -0.1) is 11.3 Å². The third-order valence-electron chi connectivity index (χ3n) is 3.74. The first-order chi connectivity index (χ1) is 16.1. The fourth-order valence-electron chi connectivity index (χ4n) is 2.23. The highest BCUT2D eigenvalue weighted by molar-refractivity contribution is 7.81. The summed E-state index contributed by atoms with van der Waals surface area (Å²) in [6.45, 7) is 1.97. The van der Waals surface area contributed by atoms with Crippen molar-refractivity contribution < 1.29 is 46.5 Å². The van der Waals surface area contributed by atoms with Gasteiger partial charge in [-0.2, -0.15) is 31.0 Å². The number of esters is 1. The third kappa shape index (κ3) is 9.34. The van der Waals surface area contributed by atoms with Crippen LogP contribution in [0, 0.1) is 24.4 Å². The minimum Gasteiger partial charge on any atom is -0.494 e. The van der Waals surface area contributed by atoms with E-state index in [1.54, 1.807) is 6.07 Å². The summed E-state index contributed by atoms with van der Waals surface area (Å²) in [5.74, 6) is -2.39.